The zero-order valence-corrected chi connectivity index (χ0v) is 13.7. The van der Waals surface area contributed by atoms with Crippen molar-refractivity contribution in [3.05, 3.63) is 51.5 Å². The van der Waals surface area contributed by atoms with Gasteiger partial charge in [-0.15, -0.1) is 0 Å². The lowest BCUT2D eigenvalue weighted by molar-refractivity contribution is 0.372. The summed E-state index contributed by atoms with van der Waals surface area (Å²) in [5, 5.41) is 14.0. The number of phenols is 1. The van der Waals surface area contributed by atoms with Crippen LogP contribution in [-0.4, -0.2) is 18.4 Å². The molecule has 0 aromatic heterocycles. The van der Waals surface area contributed by atoms with Gasteiger partial charge in [-0.05, 0) is 59.1 Å². The van der Waals surface area contributed by atoms with Crippen LogP contribution in [-0.2, 0) is 0 Å². The summed E-state index contributed by atoms with van der Waals surface area (Å²) in [4.78, 5) is 0. The van der Waals surface area contributed by atoms with E-state index in [1.165, 1.54) is 12.7 Å². The first kappa shape index (κ1) is 15.4. The molecule has 110 valence electrons. The molecule has 0 saturated carbocycles. The molecule has 0 spiro atoms. The van der Waals surface area contributed by atoms with Crippen molar-refractivity contribution in [3.63, 3.8) is 0 Å². The number of aryl methyl sites for hydroxylation is 2. The average Bonchev–Trinajstić information content (AvgIpc) is 2.44. The number of halogens is 1. The summed E-state index contributed by atoms with van der Waals surface area (Å²) in [6.07, 6.45) is 1.67. The second-order valence-corrected chi connectivity index (χ2v) is 5.60. The fourth-order valence-corrected chi connectivity index (χ4v) is 2.40. The maximum atomic E-state index is 9.76. The third kappa shape index (κ3) is 3.76. The molecule has 0 aliphatic heterocycles. The van der Waals surface area contributed by atoms with Crippen molar-refractivity contribution in [3.8, 4) is 11.5 Å². The van der Waals surface area contributed by atoms with Gasteiger partial charge in [0.2, 0.25) is 0 Å². The Kier molecular flexibility index (Phi) is 4.85. The van der Waals surface area contributed by atoms with Crippen molar-refractivity contribution in [1.82, 2.24) is 0 Å². The summed E-state index contributed by atoms with van der Waals surface area (Å²) < 4.78 is 5.67. The van der Waals surface area contributed by atoms with E-state index in [1.54, 1.807) is 18.3 Å². The van der Waals surface area contributed by atoms with Gasteiger partial charge in [-0.25, -0.2) is 0 Å². The number of hydrazone groups is 1. The van der Waals surface area contributed by atoms with Crippen LogP contribution in [0.25, 0.3) is 0 Å². The molecule has 0 bridgehead atoms. The molecule has 0 atom stereocenters. The molecular formula is C16H17BrN2O2. The lowest BCUT2D eigenvalue weighted by Crippen LogP contribution is -1.94. The van der Waals surface area contributed by atoms with E-state index in [0.29, 0.717) is 10.2 Å². The zero-order chi connectivity index (χ0) is 15.4. The van der Waals surface area contributed by atoms with Gasteiger partial charge in [0.1, 0.15) is 0 Å². The van der Waals surface area contributed by atoms with Crippen molar-refractivity contribution >= 4 is 27.8 Å². The third-order valence-corrected chi connectivity index (χ3v) is 3.66. The number of phenolic OH excluding ortho intramolecular Hbond substituents is 1. The minimum Gasteiger partial charge on any atom is -0.503 e. The van der Waals surface area contributed by atoms with Crippen LogP contribution in [0.4, 0.5) is 5.69 Å². The number of aromatic hydroxyl groups is 1. The molecule has 5 heteroatoms. The molecule has 0 heterocycles. The monoisotopic (exact) mass is 348 g/mol. The predicted molar refractivity (Wildman–Crippen MR) is 89.5 cm³/mol. The van der Waals surface area contributed by atoms with Gasteiger partial charge in [-0.1, -0.05) is 17.7 Å². The van der Waals surface area contributed by atoms with Crippen LogP contribution < -0.4 is 10.2 Å². The number of rotatable bonds is 4. The second kappa shape index (κ2) is 6.63. The Labute approximate surface area is 132 Å². The van der Waals surface area contributed by atoms with Crippen LogP contribution in [0.3, 0.4) is 0 Å². The van der Waals surface area contributed by atoms with Gasteiger partial charge in [0.15, 0.2) is 11.5 Å². The molecule has 0 unspecified atom stereocenters. The Morgan fingerprint density at radius 2 is 2.00 bits per heavy atom. The maximum absolute atomic E-state index is 9.76. The number of hydrogen-bond acceptors (Lipinski definition) is 4. The van der Waals surface area contributed by atoms with Crippen molar-refractivity contribution in [2.24, 2.45) is 5.10 Å². The topological polar surface area (TPSA) is 53.8 Å². The average molecular weight is 349 g/mol. The summed E-state index contributed by atoms with van der Waals surface area (Å²) in [6, 6.07) is 9.61. The fourth-order valence-electron chi connectivity index (χ4n) is 1.94. The quantitative estimate of drug-likeness (QED) is 0.642. The van der Waals surface area contributed by atoms with Crippen molar-refractivity contribution in [1.29, 1.82) is 0 Å². The summed E-state index contributed by atoms with van der Waals surface area (Å²) in [7, 11) is 1.51. The Hall–Kier alpha value is -2.01. The first-order valence-corrected chi connectivity index (χ1v) is 7.23. The van der Waals surface area contributed by atoms with Crippen LogP contribution in [0.2, 0.25) is 0 Å². The van der Waals surface area contributed by atoms with Crippen LogP contribution >= 0.6 is 15.9 Å². The SMILES string of the molecule is COc1cc(C=NNc2ccc(C)cc2C)cc(Br)c1O. The second-order valence-electron chi connectivity index (χ2n) is 4.74. The number of nitrogens with one attached hydrogen (secondary N) is 1. The summed E-state index contributed by atoms with van der Waals surface area (Å²) in [6.45, 7) is 4.09. The van der Waals surface area contributed by atoms with E-state index in [2.05, 4.69) is 39.4 Å². The lowest BCUT2D eigenvalue weighted by atomic mass is 10.1. The van der Waals surface area contributed by atoms with Gasteiger partial charge >= 0.3 is 0 Å². The van der Waals surface area contributed by atoms with Gasteiger partial charge in [0.25, 0.3) is 0 Å². The Morgan fingerprint density at radius 3 is 2.67 bits per heavy atom. The number of anilines is 1. The third-order valence-electron chi connectivity index (χ3n) is 3.05. The molecule has 2 rings (SSSR count). The molecule has 0 amide bonds. The molecule has 0 aliphatic carbocycles. The van der Waals surface area contributed by atoms with Gasteiger partial charge < -0.3 is 9.84 Å². The van der Waals surface area contributed by atoms with E-state index in [-0.39, 0.29) is 5.75 Å². The van der Waals surface area contributed by atoms with E-state index in [0.717, 1.165) is 16.8 Å². The Morgan fingerprint density at radius 1 is 1.24 bits per heavy atom. The molecule has 0 fully saturated rings. The highest BCUT2D eigenvalue weighted by atomic mass is 79.9. The molecule has 4 nitrogen and oxygen atoms in total. The minimum atomic E-state index is 0.0805. The highest BCUT2D eigenvalue weighted by Crippen LogP contribution is 2.34. The maximum Gasteiger partial charge on any atom is 0.172 e. The number of hydrogen-bond donors (Lipinski definition) is 2. The lowest BCUT2D eigenvalue weighted by Gasteiger charge is -2.07. The minimum absolute atomic E-state index is 0.0805. The molecule has 2 N–H and O–H groups in total. The molecular weight excluding hydrogens is 332 g/mol. The van der Waals surface area contributed by atoms with E-state index in [1.807, 2.05) is 19.1 Å². The molecule has 0 radical (unpaired) electrons. The normalized spacial score (nSPS) is 10.9. The molecule has 21 heavy (non-hydrogen) atoms. The Bertz CT molecular complexity index is 684. The van der Waals surface area contributed by atoms with Gasteiger partial charge in [0.05, 0.1) is 23.5 Å². The first-order chi connectivity index (χ1) is 10.0. The predicted octanol–water partition coefficient (Wildman–Crippen LogP) is 4.23. The van der Waals surface area contributed by atoms with Gasteiger partial charge in [-0.3, -0.25) is 5.43 Å². The zero-order valence-electron chi connectivity index (χ0n) is 12.1. The van der Waals surface area contributed by atoms with Crippen LogP contribution in [0.15, 0.2) is 39.9 Å². The molecule has 0 aliphatic rings. The highest BCUT2D eigenvalue weighted by molar-refractivity contribution is 9.10. The van der Waals surface area contributed by atoms with Crippen molar-refractivity contribution < 1.29 is 9.84 Å². The van der Waals surface area contributed by atoms with Crippen LogP contribution in [0.5, 0.6) is 11.5 Å². The van der Waals surface area contributed by atoms with Crippen molar-refractivity contribution in [2.45, 2.75) is 13.8 Å². The number of nitrogens with zero attached hydrogens (tertiary/aromatic N) is 1. The van der Waals surface area contributed by atoms with Gasteiger partial charge in [-0.2, -0.15) is 5.10 Å². The van der Waals surface area contributed by atoms with Crippen LogP contribution in [0.1, 0.15) is 16.7 Å². The summed E-state index contributed by atoms with van der Waals surface area (Å²) in [5.74, 6) is 0.481. The molecule has 2 aromatic rings. The van der Waals surface area contributed by atoms with Crippen molar-refractivity contribution in [2.75, 3.05) is 12.5 Å². The van der Waals surface area contributed by atoms with E-state index in [9.17, 15) is 5.11 Å². The highest BCUT2D eigenvalue weighted by Gasteiger charge is 2.07. The smallest absolute Gasteiger partial charge is 0.172 e. The van der Waals surface area contributed by atoms with E-state index >= 15 is 0 Å². The molecule has 0 saturated heterocycles. The van der Waals surface area contributed by atoms with Crippen LogP contribution in [0, 0.1) is 13.8 Å². The van der Waals surface area contributed by atoms with E-state index in [4.69, 9.17) is 4.74 Å². The standard InChI is InChI=1S/C16H17BrN2O2/c1-10-4-5-14(11(2)6-10)19-18-9-12-7-13(17)16(20)15(8-12)21-3/h4-9,19-20H,1-3H3. The number of methoxy groups -OCH3 is 1. The fraction of sp³-hybridized carbons (Fsp3) is 0.188. The number of ether oxygens (including phenoxy) is 1. The summed E-state index contributed by atoms with van der Waals surface area (Å²) >= 11 is 3.28. The van der Waals surface area contributed by atoms with Gasteiger partial charge in [0, 0.05) is 0 Å². The van der Waals surface area contributed by atoms with E-state index < -0.39 is 0 Å². The molecule has 2 aromatic carbocycles. The Balaban J connectivity index is 2.16. The number of benzene rings is 2. The first-order valence-electron chi connectivity index (χ1n) is 6.44. The summed E-state index contributed by atoms with van der Waals surface area (Å²) in [5.41, 5.74) is 7.14. The largest absolute Gasteiger partial charge is 0.503 e.